The molecule has 1 heterocycles. The van der Waals surface area contributed by atoms with Crippen molar-refractivity contribution in [1.29, 1.82) is 0 Å². The molecule has 2 aliphatic rings. The molecule has 2 nitrogen and oxygen atoms in total. The fraction of sp³-hybridized carbons (Fsp3) is 0.857. The van der Waals surface area contributed by atoms with Crippen molar-refractivity contribution in [2.45, 2.75) is 25.0 Å². The number of rotatable bonds is 0. The zero-order valence-corrected chi connectivity index (χ0v) is 5.45. The third-order valence-electron chi connectivity index (χ3n) is 2.56. The molecular formula is C7H12NO-. The highest BCUT2D eigenvalue weighted by atomic mass is 16.3. The summed E-state index contributed by atoms with van der Waals surface area (Å²) in [5.41, 5.74) is 0. The molecule has 0 radical (unpaired) electrons. The minimum atomic E-state index is -0.0822. The maximum Gasteiger partial charge on any atom is 0.0674 e. The maximum absolute atomic E-state index is 9.31. The smallest absolute Gasteiger partial charge is 0.0674 e. The van der Waals surface area contributed by atoms with Crippen LogP contribution in [0.2, 0.25) is 0 Å². The predicted molar refractivity (Wildman–Crippen MR) is 34.6 cm³/mol. The molecule has 52 valence electrons. The molecule has 0 aromatic carbocycles. The molecule has 1 saturated carbocycles. The molecule has 1 aliphatic heterocycles. The Balaban J connectivity index is 2.13. The first-order valence-corrected chi connectivity index (χ1v) is 3.52. The fourth-order valence-corrected chi connectivity index (χ4v) is 2.10. The second kappa shape index (κ2) is 1.70. The van der Waals surface area contributed by atoms with Crippen LogP contribution in [0.5, 0.6) is 0 Å². The Morgan fingerprint density at radius 3 is 2.56 bits per heavy atom. The van der Waals surface area contributed by atoms with Crippen molar-refractivity contribution in [1.82, 2.24) is 4.90 Å². The van der Waals surface area contributed by atoms with Crippen LogP contribution in [0.1, 0.15) is 12.8 Å². The van der Waals surface area contributed by atoms with Crippen molar-refractivity contribution >= 4 is 0 Å². The summed E-state index contributed by atoms with van der Waals surface area (Å²) in [6.07, 6.45) is 2.10. The third-order valence-corrected chi connectivity index (χ3v) is 2.56. The van der Waals surface area contributed by atoms with E-state index < -0.39 is 0 Å². The number of aliphatic hydroxyl groups excluding tert-OH is 1. The Labute approximate surface area is 55.5 Å². The van der Waals surface area contributed by atoms with Crippen LogP contribution in [-0.4, -0.2) is 28.7 Å². The van der Waals surface area contributed by atoms with Gasteiger partial charge in [0.1, 0.15) is 0 Å². The highest BCUT2D eigenvalue weighted by molar-refractivity contribution is 4.97. The largest absolute Gasteiger partial charge is 0.454 e. The number of aliphatic hydroxyl groups is 1. The van der Waals surface area contributed by atoms with Gasteiger partial charge in [0.05, 0.1) is 6.10 Å². The molecule has 1 N–H and O–H groups in total. The fourth-order valence-electron chi connectivity index (χ4n) is 2.10. The highest BCUT2D eigenvalue weighted by Crippen LogP contribution is 2.36. The monoisotopic (exact) mass is 126 g/mol. The number of nitrogens with zero attached hydrogens (tertiary/aromatic N) is 1. The van der Waals surface area contributed by atoms with Crippen molar-refractivity contribution < 1.29 is 5.11 Å². The van der Waals surface area contributed by atoms with Crippen molar-refractivity contribution in [3.63, 3.8) is 0 Å². The number of piperidine rings is 1. The Morgan fingerprint density at radius 1 is 1.44 bits per heavy atom. The molecule has 2 heteroatoms. The lowest BCUT2D eigenvalue weighted by atomic mass is 10.1. The van der Waals surface area contributed by atoms with Gasteiger partial charge in [0.2, 0.25) is 0 Å². The molecule has 2 bridgehead atoms. The van der Waals surface area contributed by atoms with Crippen LogP contribution in [0.4, 0.5) is 0 Å². The zero-order chi connectivity index (χ0) is 6.43. The van der Waals surface area contributed by atoms with E-state index in [1.807, 2.05) is 4.90 Å². The van der Waals surface area contributed by atoms with Crippen LogP contribution >= 0.6 is 0 Å². The first-order chi connectivity index (χ1) is 4.27. The lowest BCUT2D eigenvalue weighted by Crippen LogP contribution is -2.36. The summed E-state index contributed by atoms with van der Waals surface area (Å²) in [7, 11) is 3.84. The van der Waals surface area contributed by atoms with Crippen molar-refractivity contribution in [3.05, 3.63) is 7.05 Å². The first kappa shape index (κ1) is 5.69. The molecule has 0 aromatic rings. The molecule has 1 saturated heterocycles. The van der Waals surface area contributed by atoms with Crippen LogP contribution in [0.15, 0.2) is 0 Å². The maximum atomic E-state index is 9.31. The molecule has 1 aliphatic carbocycles. The molecule has 9 heavy (non-hydrogen) atoms. The van der Waals surface area contributed by atoms with Gasteiger partial charge in [-0.1, -0.05) is 0 Å². The minimum Gasteiger partial charge on any atom is -0.454 e. The molecule has 0 amide bonds. The molecule has 2 fully saturated rings. The van der Waals surface area contributed by atoms with Gasteiger partial charge in [-0.2, -0.15) is 0 Å². The van der Waals surface area contributed by atoms with Crippen LogP contribution in [0.25, 0.3) is 0 Å². The van der Waals surface area contributed by atoms with Crippen LogP contribution < -0.4 is 0 Å². The molecular weight excluding hydrogens is 114 g/mol. The van der Waals surface area contributed by atoms with E-state index in [4.69, 9.17) is 0 Å². The summed E-state index contributed by atoms with van der Waals surface area (Å²) < 4.78 is 0. The van der Waals surface area contributed by atoms with E-state index in [1.54, 1.807) is 0 Å². The molecule has 3 atom stereocenters. The lowest BCUT2D eigenvalue weighted by molar-refractivity contribution is 0.0801. The minimum absolute atomic E-state index is 0.0822. The van der Waals surface area contributed by atoms with E-state index >= 15 is 0 Å². The van der Waals surface area contributed by atoms with E-state index in [1.165, 1.54) is 6.42 Å². The Morgan fingerprint density at radius 2 is 2.22 bits per heavy atom. The number of likely N-dealkylation sites (tertiary alicyclic amines) is 1. The normalized spacial score (nSPS) is 50.7. The van der Waals surface area contributed by atoms with Crippen LogP contribution in [0, 0.1) is 13.0 Å². The van der Waals surface area contributed by atoms with Gasteiger partial charge < -0.3 is 10.0 Å². The van der Waals surface area contributed by atoms with E-state index in [2.05, 4.69) is 7.05 Å². The molecule has 2 unspecified atom stereocenters. The summed E-state index contributed by atoms with van der Waals surface area (Å²) >= 11 is 0. The van der Waals surface area contributed by atoms with E-state index in [0.717, 1.165) is 18.9 Å². The summed E-state index contributed by atoms with van der Waals surface area (Å²) in [5, 5.41) is 9.31. The number of hydrogen-bond acceptors (Lipinski definition) is 2. The van der Waals surface area contributed by atoms with Gasteiger partial charge in [-0.05, 0) is 25.3 Å². The molecule has 0 spiro atoms. The summed E-state index contributed by atoms with van der Waals surface area (Å²) in [5.74, 6) is 0.738. The average Bonchev–Trinajstić information content (AvgIpc) is 2.22. The first-order valence-electron chi connectivity index (χ1n) is 3.52. The van der Waals surface area contributed by atoms with Crippen molar-refractivity contribution in [2.75, 3.05) is 6.54 Å². The van der Waals surface area contributed by atoms with Crippen molar-refractivity contribution in [3.8, 4) is 0 Å². The topological polar surface area (TPSA) is 23.5 Å². The van der Waals surface area contributed by atoms with E-state index in [-0.39, 0.29) is 6.10 Å². The van der Waals surface area contributed by atoms with Gasteiger partial charge in [0, 0.05) is 6.04 Å². The lowest BCUT2D eigenvalue weighted by Gasteiger charge is -2.33. The van der Waals surface area contributed by atoms with Gasteiger partial charge in [-0.25, -0.2) is 0 Å². The van der Waals surface area contributed by atoms with Gasteiger partial charge >= 0.3 is 0 Å². The predicted octanol–water partition coefficient (Wildman–Crippen LogP) is 0.233. The second-order valence-corrected chi connectivity index (χ2v) is 3.24. The average molecular weight is 126 g/mol. The third kappa shape index (κ3) is 0.700. The van der Waals surface area contributed by atoms with Gasteiger partial charge in [-0.3, -0.25) is 7.05 Å². The summed E-state index contributed by atoms with van der Waals surface area (Å²) in [6, 6.07) is 0.384. The standard InChI is InChI=1S/C7H12NO/c1-8-4-5-2-6(8)7(9)3-5/h5-7,9H,1-4H2/q-1/t5?,6?,7-/m1/s1. The van der Waals surface area contributed by atoms with E-state index in [0.29, 0.717) is 6.04 Å². The van der Waals surface area contributed by atoms with Crippen LogP contribution in [0.3, 0.4) is 0 Å². The Bertz CT molecular complexity index is 114. The molecule has 2 rings (SSSR count). The summed E-state index contributed by atoms with van der Waals surface area (Å²) in [6.45, 7) is 1.10. The second-order valence-electron chi connectivity index (χ2n) is 3.24. The number of fused-ring (bicyclic) bond motifs is 2. The summed E-state index contributed by atoms with van der Waals surface area (Å²) in [4.78, 5) is 2.03. The van der Waals surface area contributed by atoms with Gasteiger partial charge in [-0.15, -0.1) is 0 Å². The van der Waals surface area contributed by atoms with Gasteiger partial charge in [0.25, 0.3) is 0 Å². The highest BCUT2D eigenvalue weighted by Gasteiger charge is 2.39. The number of hydrogen-bond donors (Lipinski definition) is 1. The molecule has 0 aromatic heterocycles. The van der Waals surface area contributed by atoms with Crippen molar-refractivity contribution in [2.24, 2.45) is 5.92 Å². The van der Waals surface area contributed by atoms with E-state index in [9.17, 15) is 5.11 Å². The Hall–Kier alpha value is -0.0800. The van der Waals surface area contributed by atoms with Gasteiger partial charge in [0.15, 0.2) is 0 Å². The zero-order valence-electron chi connectivity index (χ0n) is 5.45. The Kier molecular flexibility index (Phi) is 1.08. The van der Waals surface area contributed by atoms with Crippen LogP contribution in [-0.2, 0) is 0 Å². The SMILES string of the molecule is [CH2-]N1CC2CC1[C@H](O)C2. The quantitative estimate of drug-likeness (QED) is 0.470.